The first-order chi connectivity index (χ1) is 6.24. The van der Waals surface area contributed by atoms with Gasteiger partial charge in [0.15, 0.2) is 11.0 Å². The summed E-state index contributed by atoms with van der Waals surface area (Å²) in [5.41, 5.74) is 4.67. The van der Waals surface area contributed by atoms with Gasteiger partial charge in [0.1, 0.15) is 0 Å². The van der Waals surface area contributed by atoms with Crippen LogP contribution in [0.25, 0.3) is 0 Å². The smallest absolute Gasteiger partial charge is 0.166 e. The van der Waals surface area contributed by atoms with Crippen LogP contribution in [0.1, 0.15) is 29.9 Å². The Balaban J connectivity index is 2.52. The van der Waals surface area contributed by atoms with Crippen molar-refractivity contribution in [3.05, 3.63) is 16.3 Å². The Morgan fingerprint density at radius 2 is 2.15 bits per heavy atom. The first-order valence-corrected chi connectivity index (χ1v) is 4.61. The van der Waals surface area contributed by atoms with E-state index in [0.29, 0.717) is 16.9 Å². The molecule has 1 saturated carbocycles. The lowest BCUT2D eigenvalue weighted by Crippen LogP contribution is -2.13. The maximum absolute atomic E-state index is 5.87. The molecule has 0 bridgehead atoms. The predicted molar refractivity (Wildman–Crippen MR) is 51.6 cm³/mol. The van der Waals surface area contributed by atoms with Gasteiger partial charge in [0, 0.05) is 5.56 Å². The molecule has 1 aromatic heterocycles. The van der Waals surface area contributed by atoms with Crippen LogP contribution in [0, 0.1) is 6.92 Å². The van der Waals surface area contributed by atoms with Gasteiger partial charge in [0.05, 0.1) is 0 Å². The van der Waals surface area contributed by atoms with Crippen molar-refractivity contribution in [3.63, 3.8) is 0 Å². The topological polar surface area (TPSA) is 63.8 Å². The molecule has 1 aliphatic carbocycles. The van der Waals surface area contributed by atoms with Gasteiger partial charge in [-0.05, 0) is 31.2 Å². The normalized spacial score (nSPS) is 15.9. The molecule has 70 valence electrons. The summed E-state index contributed by atoms with van der Waals surface area (Å²) in [7, 11) is 0. The molecule has 0 aromatic carbocycles. The van der Waals surface area contributed by atoms with Gasteiger partial charge in [-0.1, -0.05) is 11.6 Å². The summed E-state index contributed by atoms with van der Waals surface area (Å²) in [5, 5.41) is 8.17. The third kappa shape index (κ3) is 1.47. The van der Waals surface area contributed by atoms with Crippen LogP contribution in [-0.2, 0) is 0 Å². The lowest BCUT2D eigenvalue weighted by molar-refractivity contribution is 0.951. The Labute approximate surface area is 81.5 Å². The molecule has 3 N–H and O–H groups in total. The summed E-state index contributed by atoms with van der Waals surface area (Å²) in [6.45, 7) is 1.95. The zero-order chi connectivity index (χ0) is 9.42. The lowest BCUT2D eigenvalue weighted by Gasteiger charge is -2.09. The molecule has 0 aliphatic heterocycles. The van der Waals surface area contributed by atoms with Crippen molar-refractivity contribution >= 4 is 17.4 Å². The van der Waals surface area contributed by atoms with E-state index in [9.17, 15) is 0 Å². The van der Waals surface area contributed by atoms with E-state index >= 15 is 0 Å². The van der Waals surface area contributed by atoms with E-state index in [1.807, 2.05) is 6.92 Å². The Morgan fingerprint density at radius 3 is 2.69 bits per heavy atom. The lowest BCUT2D eigenvalue weighted by atomic mass is 10.1. The molecule has 1 fully saturated rings. The molecule has 4 nitrogen and oxygen atoms in total. The van der Waals surface area contributed by atoms with Gasteiger partial charge in [-0.25, -0.2) is 5.84 Å². The Kier molecular flexibility index (Phi) is 2.09. The molecule has 2 rings (SSSR count). The Hall–Kier alpha value is -0.870. The molecule has 0 unspecified atom stereocenters. The number of hydrazine groups is 1. The van der Waals surface area contributed by atoms with Crippen LogP contribution in [0.4, 0.5) is 5.82 Å². The van der Waals surface area contributed by atoms with Gasteiger partial charge < -0.3 is 5.43 Å². The standard InChI is InChI=1S/C8H11ClN4/c1-4-6(5-2-3-5)8(11-10)13-12-7(4)9/h5H,2-3,10H2,1H3,(H,11,13). The molecular formula is C8H11ClN4. The second-order valence-electron chi connectivity index (χ2n) is 3.30. The summed E-state index contributed by atoms with van der Waals surface area (Å²) in [5.74, 6) is 6.57. The molecule has 13 heavy (non-hydrogen) atoms. The van der Waals surface area contributed by atoms with E-state index < -0.39 is 0 Å². The third-order valence-corrected chi connectivity index (χ3v) is 2.69. The summed E-state index contributed by atoms with van der Waals surface area (Å²) >= 11 is 5.87. The van der Waals surface area contributed by atoms with E-state index in [0.717, 1.165) is 11.1 Å². The summed E-state index contributed by atoms with van der Waals surface area (Å²) in [4.78, 5) is 0. The van der Waals surface area contributed by atoms with Gasteiger partial charge in [0.25, 0.3) is 0 Å². The molecule has 0 amide bonds. The molecule has 0 atom stereocenters. The monoisotopic (exact) mass is 198 g/mol. The average Bonchev–Trinajstić information content (AvgIpc) is 2.92. The number of nitrogen functional groups attached to an aromatic ring is 1. The Morgan fingerprint density at radius 1 is 1.46 bits per heavy atom. The van der Waals surface area contributed by atoms with Gasteiger partial charge in [-0.15, -0.1) is 10.2 Å². The molecule has 0 saturated heterocycles. The number of aromatic nitrogens is 2. The number of rotatable bonds is 2. The average molecular weight is 199 g/mol. The van der Waals surface area contributed by atoms with Crippen LogP contribution in [0.2, 0.25) is 5.15 Å². The molecule has 1 aliphatic rings. The molecule has 1 aromatic rings. The zero-order valence-corrected chi connectivity index (χ0v) is 8.10. The van der Waals surface area contributed by atoms with Crippen LogP contribution in [-0.4, -0.2) is 10.2 Å². The number of hydrogen-bond donors (Lipinski definition) is 2. The van der Waals surface area contributed by atoms with Gasteiger partial charge in [-0.2, -0.15) is 0 Å². The van der Waals surface area contributed by atoms with Crippen LogP contribution in [0.3, 0.4) is 0 Å². The quantitative estimate of drug-likeness (QED) is 0.560. The van der Waals surface area contributed by atoms with E-state index in [-0.39, 0.29) is 0 Å². The predicted octanol–water partition coefficient (Wildman–Crippen LogP) is 1.60. The van der Waals surface area contributed by atoms with Crippen molar-refractivity contribution in [2.45, 2.75) is 25.7 Å². The number of nitrogens with zero attached hydrogens (tertiary/aromatic N) is 2. The van der Waals surface area contributed by atoms with Crippen molar-refractivity contribution in [1.82, 2.24) is 10.2 Å². The maximum Gasteiger partial charge on any atom is 0.166 e. The summed E-state index contributed by atoms with van der Waals surface area (Å²) in [6.07, 6.45) is 2.38. The number of hydrogen-bond acceptors (Lipinski definition) is 4. The fourth-order valence-corrected chi connectivity index (χ4v) is 1.63. The van der Waals surface area contributed by atoms with Crippen molar-refractivity contribution in [2.24, 2.45) is 5.84 Å². The minimum atomic E-state index is 0.473. The van der Waals surface area contributed by atoms with E-state index in [1.165, 1.54) is 12.8 Å². The maximum atomic E-state index is 5.87. The minimum absolute atomic E-state index is 0.473. The van der Waals surface area contributed by atoms with Crippen LogP contribution < -0.4 is 11.3 Å². The second kappa shape index (κ2) is 3.12. The molecular weight excluding hydrogens is 188 g/mol. The highest BCUT2D eigenvalue weighted by Crippen LogP contribution is 2.44. The highest BCUT2D eigenvalue weighted by molar-refractivity contribution is 6.30. The van der Waals surface area contributed by atoms with Crippen LogP contribution >= 0.6 is 11.6 Å². The van der Waals surface area contributed by atoms with E-state index in [4.69, 9.17) is 17.4 Å². The van der Waals surface area contributed by atoms with Crippen molar-refractivity contribution in [1.29, 1.82) is 0 Å². The van der Waals surface area contributed by atoms with Gasteiger partial charge in [-0.3, -0.25) is 0 Å². The summed E-state index contributed by atoms with van der Waals surface area (Å²) in [6, 6.07) is 0. The molecule has 1 heterocycles. The fraction of sp³-hybridized carbons (Fsp3) is 0.500. The first-order valence-electron chi connectivity index (χ1n) is 4.23. The molecule has 5 heteroatoms. The van der Waals surface area contributed by atoms with E-state index in [2.05, 4.69) is 15.6 Å². The number of nitrogens with one attached hydrogen (secondary N) is 1. The Bertz CT molecular complexity index is 335. The minimum Gasteiger partial charge on any atom is -0.307 e. The van der Waals surface area contributed by atoms with Crippen LogP contribution in [0.5, 0.6) is 0 Å². The van der Waals surface area contributed by atoms with Crippen LogP contribution in [0.15, 0.2) is 0 Å². The molecule has 0 spiro atoms. The summed E-state index contributed by atoms with van der Waals surface area (Å²) < 4.78 is 0. The highest BCUT2D eigenvalue weighted by Gasteiger charge is 2.29. The molecule has 0 radical (unpaired) electrons. The zero-order valence-electron chi connectivity index (χ0n) is 7.34. The van der Waals surface area contributed by atoms with Crippen molar-refractivity contribution < 1.29 is 0 Å². The number of halogens is 1. The third-order valence-electron chi connectivity index (χ3n) is 2.33. The van der Waals surface area contributed by atoms with Crippen molar-refractivity contribution in [2.75, 3.05) is 5.43 Å². The number of nitrogens with two attached hydrogens (primary N) is 1. The van der Waals surface area contributed by atoms with E-state index in [1.54, 1.807) is 0 Å². The second-order valence-corrected chi connectivity index (χ2v) is 3.65. The van der Waals surface area contributed by atoms with Gasteiger partial charge >= 0.3 is 0 Å². The first kappa shape index (κ1) is 8.72. The van der Waals surface area contributed by atoms with Crippen molar-refractivity contribution in [3.8, 4) is 0 Å². The highest BCUT2D eigenvalue weighted by atomic mass is 35.5. The fourth-order valence-electron chi connectivity index (χ4n) is 1.49. The number of anilines is 1. The SMILES string of the molecule is Cc1c(Cl)nnc(NN)c1C1CC1. The van der Waals surface area contributed by atoms with Gasteiger partial charge in [0.2, 0.25) is 0 Å². The largest absolute Gasteiger partial charge is 0.307 e.